The lowest BCUT2D eigenvalue weighted by molar-refractivity contribution is 0.144. The van der Waals surface area contributed by atoms with Gasteiger partial charge in [0.25, 0.3) is 0 Å². The van der Waals surface area contributed by atoms with Gasteiger partial charge in [-0.05, 0) is 32.1 Å². The Morgan fingerprint density at radius 3 is 2.80 bits per heavy atom. The van der Waals surface area contributed by atoms with E-state index < -0.39 is 0 Å². The summed E-state index contributed by atoms with van der Waals surface area (Å²) in [6, 6.07) is 2.08. The van der Waals surface area contributed by atoms with Crippen molar-refractivity contribution in [2.24, 2.45) is 0 Å². The number of nitrogens with zero attached hydrogens (tertiary/aromatic N) is 3. The number of aromatic nitrogens is 2. The van der Waals surface area contributed by atoms with Crippen LogP contribution in [0.2, 0.25) is 0 Å². The van der Waals surface area contributed by atoms with Crippen LogP contribution in [0.15, 0.2) is 12.4 Å². The Kier molecular flexibility index (Phi) is 3.76. The van der Waals surface area contributed by atoms with Crippen LogP contribution in [0, 0.1) is 0 Å². The number of aliphatic hydroxyl groups excluding tert-OH is 2. The molecule has 2 heterocycles. The zero-order valence-corrected chi connectivity index (χ0v) is 11.6. The average molecular weight is 278 g/mol. The lowest BCUT2D eigenvalue weighted by atomic mass is 9.77. The van der Waals surface area contributed by atoms with Gasteiger partial charge in [0, 0.05) is 12.6 Å². The number of nitrogens with one attached hydrogen (secondary N) is 1. The van der Waals surface area contributed by atoms with E-state index in [1.54, 1.807) is 6.33 Å². The van der Waals surface area contributed by atoms with Gasteiger partial charge >= 0.3 is 0 Å². The van der Waals surface area contributed by atoms with Gasteiger partial charge in [-0.1, -0.05) is 0 Å². The van der Waals surface area contributed by atoms with E-state index in [0.29, 0.717) is 0 Å². The van der Waals surface area contributed by atoms with Crippen molar-refractivity contribution in [1.29, 1.82) is 0 Å². The number of aliphatic hydroxyl groups is 2. The molecule has 1 atom stereocenters. The van der Waals surface area contributed by atoms with E-state index in [0.717, 1.165) is 50.3 Å². The van der Waals surface area contributed by atoms with Crippen molar-refractivity contribution in [2.45, 2.75) is 43.7 Å². The lowest BCUT2D eigenvalue weighted by Crippen LogP contribution is -2.48. The molecule has 2 fully saturated rings. The monoisotopic (exact) mass is 278 g/mol. The summed E-state index contributed by atoms with van der Waals surface area (Å²) < 4.78 is 0. The SMILES string of the molecule is OCC1CCCN1c1cc(NC2(CO)CCC2)ncn1. The van der Waals surface area contributed by atoms with Crippen molar-refractivity contribution in [1.82, 2.24) is 9.97 Å². The molecule has 1 aromatic rings. The third-order valence-electron chi connectivity index (χ3n) is 4.54. The van der Waals surface area contributed by atoms with Crippen LogP contribution in [-0.2, 0) is 0 Å². The van der Waals surface area contributed by atoms with E-state index >= 15 is 0 Å². The minimum Gasteiger partial charge on any atom is -0.394 e. The van der Waals surface area contributed by atoms with E-state index in [9.17, 15) is 10.2 Å². The minimum absolute atomic E-state index is 0.134. The fourth-order valence-corrected chi connectivity index (χ4v) is 3.10. The Morgan fingerprint density at radius 2 is 2.15 bits per heavy atom. The molecule has 1 unspecified atom stereocenters. The first-order valence-electron chi connectivity index (χ1n) is 7.35. The minimum atomic E-state index is -0.201. The molecule has 6 nitrogen and oxygen atoms in total. The molecule has 1 aliphatic carbocycles. The van der Waals surface area contributed by atoms with E-state index in [1.165, 1.54) is 0 Å². The molecule has 2 aliphatic rings. The smallest absolute Gasteiger partial charge is 0.134 e. The first-order chi connectivity index (χ1) is 9.76. The van der Waals surface area contributed by atoms with Gasteiger partial charge in [-0.2, -0.15) is 0 Å². The van der Waals surface area contributed by atoms with E-state index in [4.69, 9.17) is 0 Å². The highest BCUT2D eigenvalue weighted by Crippen LogP contribution is 2.35. The summed E-state index contributed by atoms with van der Waals surface area (Å²) in [5, 5.41) is 22.3. The Morgan fingerprint density at radius 1 is 1.30 bits per heavy atom. The van der Waals surface area contributed by atoms with Crippen LogP contribution in [-0.4, -0.2) is 51.5 Å². The number of rotatable bonds is 5. The van der Waals surface area contributed by atoms with Gasteiger partial charge in [0.05, 0.1) is 24.8 Å². The highest BCUT2D eigenvalue weighted by Gasteiger charge is 2.36. The Balaban J connectivity index is 1.76. The van der Waals surface area contributed by atoms with Gasteiger partial charge in [0.1, 0.15) is 18.0 Å². The molecule has 110 valence electrons. The molecule has 0 spiro atoms. The first kappa shape index (κ1) is 13.6. The summed E-state index contributed by atoms with van der Waals surface area (Å²) in [7, 11) is 0. The fourth-order valence-electron chi connectivity index (χ4n) is 3.10. The van der Waals surface area contributed by atoms with Crippen LogP contribution < -0.4 is 10.2 Å². The second-order valence-electron chi connectivity index (χ2n) is 5.85. The van der Waals surface area contributed by atoms with Crippen LogP contribution in [0.4, 0.5) is 11.6 Å². The molecule has 0 radical (unpaired) electrons. The summed E-state index contributed by atoms with van der Waals surface area (Å²) in [5.41, 5.74) is -0.201. The maximum absolute atomic E-state index is 9.51. The van der Waals surface area contributed by atoms with E-state index in [-0.39, 0.29) is 24.8 Å². The molecule has 3 rings (SSSR count). The Labute approximate surface area is 118 Å². The summed E-state index contributed by atoms with van der Waals surface area (Å²) in [6.07, 6.45) is 6.73. The summed E-state index contributed by atoms with van der Waals surface area (Å²) in [4.78, 5) is 10.7. The number of anilines is 2. The first-order valence-corrected chi connectivity index (χ1v) is 7.35. The molecule has 0 amide bonds. The average Bonchev–Trinajstić information content (AvgIpc) is 2.91. The van der Waals surface area contributed by atoms with Gasteiger partial charge in [-0.3, -0.25) is 0 Å². The molecule has 3 N–H and O–H groups in total. The van der Waals surface area contributed by atoms with Gasteiger partial charge < -0.3 is 20.4 Å². The predicted octanol–water partition coefficient (Wildman–Crippen LogP) is 0.765. The van der Waals surface area contributed by atoms with Gasteiger partial charge in [-0.15, -0.1) is 0 Å². The highest BCUT2D eigenvalue weighted by atomic mass is 16.3. The largest absolute Gasteiger partial charge is 0.394 e. The third-order valence-corrected chi connectivity index (χ3v) is 4.54. The van der Waals surface area contributed by atoms with Gasteiger partial charge in [0.15, 0.2) is 0 Å². The quantitative estimate of drug-likeness (QED) is 0.738. The topological polar surface area (TPSA) is 81.5 Å². The molecule has 20 heavy (non-hydrogen) atoms. The van der Waals surface area contributed by atoms with Crippen LogP contribution in [0.1, 0.15) is 32.1 Å². The summed E-state index contributed by atoms with van der Waals surface area (Å²) in [5.74, 6) is 1.61. The van der Waals surface area contributed by atoms with Crippen LogP contribution in [0.25, 0.3) is 0 Å². The predicted molar refractivity (Wildman–Crippen MR) is 76.8 cm³/mol. The number of hydrogen-bond acceptors (Lipinski definition) is 6. The highest BCUT2D eigenvalue weighted by molar-refractivity contribution is 5.51. The molecule has 6 heteroatoms. The molecular weight excluding hydrogens is 256 g/mol. The van der Waals surface area contributed by atoms with Crippen molar-refractivity contribution in [3.8, 4) is 0 Å². The van der Waals surface area contributed by atoms with Crippen molar-refractivity contribution in [2.75, 3.05) is 30.0 Å². The van der Waals surface area contributed by atoms with E-state index in [1.807, 2.05) is 6.07 Å². The second kappa shape index (κ2) is 5.54. The maximum Gasteiger partial charge on any atom is 0.134 e. The molecule has 1 saturated carbocycles. The molecule has 1 aliphatic heterocycles. The van der Waals surface area contributed by atoms with Gasteiger partial charge in [-0.25, -0.2) is 9.97 Å². The Hall–Kier alpha value is -1.40. The van der Waals surface area contributed by atoms with Crippen molar-refractivity contribution >= 4 is 11.6 Å². The zero-order valence-electron chi connectivity index (χ0n) is 11.6. The standard InChI is InChI=1S/C14H22N4O2/c19-8-11-3-1-6-18(11)13-7-12(15-10-16-13)17-14(9-20)4-2-5-14/h7,10-11,19-20H,1-6,8-9H2,(H,15,16,17). The maximum atomic E-state index is 9.51. The zero-order chi connectivity index (χ0) is 14.0. The molecular formula is C14H22N4O2. The van der Waals surface area contributed by atoms with Gasteiger partial charge in [0.2, 0.25) is 0 Å². The number of hydrogen-bond donors (Lipinski definition) is 3. The molecule has 0 bridgehead atoms. The lowest BCUT2D eigenvalue weighted by Gasteiger charge is -2.41. The Bertz CT molecular complexity index is 459. The third kappa shape index (κ3) is 2.45. The van der Waals surface area contributed by atoms with Crippen LogP contribution >= 0.6 is 0 Å². The molecule has 1 saturated heterocycles. The summed E-state index contributed by atoms with van der Waals surface area (Å²) >= 11 is 0. The molecule has 0 aromatic carbocycles. The van der Waals surface area contributed by atoms with E-state index in [2.05, 4.69) is 20.2 Å². The van der Waals surface area contributed by atoms with Crippen molar-refractivity contribution < 1.29 is 10.2 Å². The van der Waals surface area contributed by atoms with Crippen molar-refractivity contribution in [3.05, 3.63) is 12.4 Å². The van der Waals surface area contributed by atoms with Crippen LogP contribution in [0.5, 0.6) is 0 Å². The fraction of sp³-hybridized carbons (Fsp3) is 0.714. The second-order valence-corrected chi connectivity index (χ2v) is 5.85. The van der Waals surface area contributed by atoms with Crippen molar-refractivity contribution in [3.63, 3.8) is 0 Å². The molecule has 1 aromatic heterocycles. The van der Waals surface area contributed by atoms with Crippen LogP contribution in [0.3, 0.4) is 0 Å². The summed E-state index contributed by atoms with van der Waals surface area (Å²) in [6.45, 7) is 1.22. The normalized spacial score (nSPS) is 24.5.